The van der Waals surface area contributed by atoms with Crippen molar-refractivity contribution in [2.45, 2.75) is 33.2 Å². The van der Waals surface area contributed by atoms with E-state index in [-0.39, 0.29) is 36.0 Å². The molecule has 1 aliphatic rings. The zero-order valence-electron chi connectivity index (χ0n) is 16.9. The lowest BCUT2D eigenvalue weighted by Crippen LogP contribution is -2.32. The van der Waals surface area contributed by atoms with Gasteiger partial charge in [-0.2, -0.15) is 0 Å². The van der Waals surface area contributed by atoms with Gasteiger partial charge in [-0.05, 0) is 36.2 Å². The first-order chi connectivity index (χ1) is 14.0. The number of hydrogen-bond acceptors (Lipinski definition) is 3. The summed E-state index contributed by atoms with van der Waals surface area (Å²) in [5.74, 6) is -0.599. The lowest BCUT2D eigenvalue weighted by Gasteiger charge is -2.16. The van der Waals surface area contributed by atoms with E-state index in [4.69, 9.17) is 0 Å². The summed E-state index contributed by atoms with van der Waals surface area (Å²) in [5.41, 5.74) is 2.43. The minimum absolute atomic E-state index is 0.0147. The normalized spacial score (nSPS) is 17.1. The van der Waals surface area contributed by atoms with Crippen molar-refractivity contribution in [3.05, 3.63) is 60.2 Å². The van der Waals surface area contributed by atoms with E-state index in [0.717, 1.165) is 17.7 Å². The van der Waals surface area contributed by atoms with E-state index in [9.17, 15) is 14.4 Å². The average Bonchev–Trinajstić information content (AvgIpc) is 3.14. The molecular weight excluding hydrogens is 366 g/mol. The number of amides is 3. The van der Waals surface area contributed by atoms with Crippen molar-refractivity contribution in [3.63, 3.8) is 0 Å². The molecule has 0 bridgehead atoms. The van der Waals surface area contributed by atoms with Gasteiger partial charge in [-0.1, -0.05) is 44.2 Å². The summed E-state index contributed by atoms with van der Waals surface area (Å²) in [6.07, 6.45) is 0.993. The van der Waals surface area contributed by atoms with Gasteiger partial charge in [0.15, 0.2) is 0 Å². The summed E-state index contributed by atoms with van der Waals surface area (Å²) >= 11 is 0. The number of rotatable bonds is 7. The maximum absolute atomic E-state index is 12.6. The molecule has 2 aromatic carbocycles. The second-order valence-corrected chi connectivity index (χ2v) is 7.46. The highest BCUT2D eigenvalue weighted by atomic mass is 16.2. The second-order valence-electron chi connectivity index (χ2n) is 7.46. The summed E-state index contributed by atoms with van der Waals surface area (Å²) in [5, 5.41) is 5.82. The Balaban J connectivity index is 1.55. The van der Waals surface area contributed by atoms with E-state index in [1.165, 1.54) is 0 Å². The zero-order chi connectivity index (χ0) is 20.8. The van der Waals surface area contributed by atoms with Crippen molar-refractivity contribution in [2.24, 2.45) is 11.8 Å². The Morgan fingerprint density at radius 3 is 2.62 bits per heavy atom. The number of carbonyl (C=O) groups is 3. The maximum atomic E-state index is 12.6. The molecule has 0 spiro atoms. The average molecular weight is 393 g/mol. The van der Waals surface area contributed by atoms with Crippen LogP contribution in [0.25, 0.3) is 0 Å². The second kappa shape index (κ2) is 9.37. The monoisotopic (exact) mass is 393 g/mol. The van der Waals surface area contributed by atoms with Crippen LogP contribution in [0.3, 0.4) is 0 Å². The van der Waals surface area contributed by atoms with Crippen LogP contribution in [0, 0.1) is 11.8 Å². The summed E-state index contributed by atoms with van der Waals surface area (Å²) in [6, 6.07) is 16.8. The van der Waals surface area contributed by atoms with Gasteiger partial charge in [0.1, 0.15) is 0 Å². The number of nitrogens with zero attached hydrogens (tertiary/aromatic N) is 1. The molecule has 1 fully saturated rings. The zero-order valence-corrected chi connectivity index (χ0v) is 16.9. The van der Waals surface area contributed by atoms with Crippen molar-refractivity contribution >= 4 is 29.1 Å². The molecule has 3 amide bonds. The highest BCUT2D eigenvalue weighted by Crippen LogP contribution is 2.25. The topological polar surface area (TPSA) is 78.5 Å². The van der Waals surface area contributed by atoms with Crippen molar-refractivity contribution < 1.29 is 14.4 Å². The number of anilines is 2. The summed E-state index contributed by atoms with van der Waals surface area (Å²) < 4.78 is 0. The quantitative estimate of drug-likeness (QED) is 0.757. The number of para-hydroxylation sites is 1. The van der Waals surface area contributed by atoms with Gasteiger partial charge in [-0.25, -0.2) is 0 Å². The highest BCUT2D eigenvalue weighted by Gasteiger charge is 2.34. The fourth-order valence-electron chi connectivity index (χ4n) is 3.28. The van der Waals surface area contributed by atoms with Gasteiger partial charge in [0.2, 0.25) is 17.7 Å². The van der Waals surface area contributed by atoms with Crippen LogP contribution in [0.4, 0.5) is 11.4 Å². The minimum Gasteiger partial charge on any atom is -0.352 e. The SMILES string of the molecule is CC[C@@H](C)C(=O)Nc1cccc(CNC(=O)[C@@H]2CC(=O)N(c3ccccc3)C2)c1. The summed E-state index contributed by atoms with van der Waals surface area (Å²) in [7, 11) is 0. The lowest BCUT2D eigenvalue weighted by atomic mass is 10.1. The Morgan fingerprint density at radius 2 is 1.90 bits per heavy atom. The van der Waals surface area contributed by atoms with Crippen LogP contribution >= 0.6 is 0 Å². The Labute approximate surface area is 171 Å². The van der Waals surface area contributed by atoms with Crippen LogP contribution in [0.1, 0.15) is 32.3 Å². The van der Waals surface area contributed by atoms with Crippen LogP contribution in [0.5, 0.6) is 0 Å². The molecule has 2 atom stereocenters. The molecule has 0 unspecified atom stereocenters. The molecule has 0 radical (unpaired) electrons. The molecule has 6 heteroatoms. The van der Waals surface area contributed by atoms with Crippen LogP contribution in [-0.2, 0) is 20.9 Å². The Hall–Kier alpha value is -3.15. The predicted octanol–water partition coefficient (Wildman–Crippen LogP) is 3.34. The third-order valence-corrected chi connectivity index (χ3v) is 5.28. The van der Waals surface area contributed by atoms with E-state index in [1.54, 1.807) is 4.90 Å². The lowest BCUT2D eigenvalue weighted by molar-refractivity contribution is -0.126. The third kappa shape index (κ3) is 5.22. The molecule has 2 N–H and O–H groups in total. The number of benzene rings is 2. The first-order valence-electron chi connectivity index (χ1n) is 10.0. The highest BCUT2D eigenvalue weighted by molar-refractivity contribution is 6.00. The van der Waals surface area contributed by atoms with Crippen LogP contribution in [0.15, 0.2) is 54.6 Å². The summed E-state index contributed by atoms with van der Waals surface area (Å²) in [6.45, 7) is 4.60. The molecule has 0 aliphatic carbocycles. The standard InChI is InChI=1S/C23H27N3O3/c1-3-16(2)22(28)25-19-9-7-8-17(12-19)14-24-23(29)18-13-21(27)26(15-18)20-10-5-4-6-11-20/h4-12,16,18H,3,13-15H2,1-2H3,(H,24,29)(H,25,28)/t16-,18-/m1/s1. The molecule has 1 aliphatic heterocycles. The first-order valence-corrected chi connectivity index (χ1v) is 10.0. The van der Waals surface area contributed by atoms with E-state index < -0.39 is 0 Å². The van der Waals surface area contributed by atoms with E-state index in [1.807, 2.05) is 68.4 Å². The third-order valence-electron chi connectivity index (χ3n) is 5.28. The molecule has 6 nitrogen and oxygen atoms in total. The van der Waals surface area contributed by atoms with Crippen LogP contribution in [-0.4, -0.2) is 24.3 Å². The van der Waals surface area contributed by atoms with Crippen LogP contribution in [0.2, 0.25) is 0 Å². The van der Waals surface area contributed by atoms with Gasteiger partial charge in [0, 0.05) is 36.8 Å². The number of hydrogen-bond donors (Lipinski definition) is 2. The van der Waals surface area contributed by atoms with Gasteiger partial charge in [0.25, 0.3) is 0 Å². The Bertz CT molecular complexity index is 882. The van der Waals surface area contributed by atoms with E-state index in [2.05, 4.69) is 10.6 Å². The molecule has 0 aromatic heterocycles. The molecule has 3 rings (SSSR count). The molecule has 1 heterocycles. The van der Waals surface area contributed by atoms with E-state index in [0.29, 0.717) is 18.8 Å². The predicted molar refractivity (Wildman–Crippen MR) is 113 cm³/mol. The maximum Gasteiger partial charge on any atom is 0.227 e. The fourth-order valence-corrected chi connectivity index (χ4v) is 3.28. The molecule has 0 saturated carbocycles. The molecular formula is C23H27N3O3. The van der Waals surface area contributed by atoms with Crippen molar-refractivity contribution in [3.8, 4) is 0 Å². The Morgan fingerprint density at radius 1 is 1.14 bits per heavy atom. The van der Waals surface area contributed by atoms with Crippen molar-refractivity contribution in [2.75, 3.05) is 16.8 Å². The van der Waals surface area contributed by atoms with Gasteiger partial charge in [0.05, 0.1) is 5.92 Å². The number of carbonyl (C=O) groups excluding carboxylic acids is 3. The van der Waals surface area contributed by atoms with E-state index >= 15 is 0 Å². The van der Waals surface area contributed by atoms with Gasteiger partial charge in [-0.3, -0.25) is 14.4 Å². The molecule has 1 saturated heterocycles. The van der Waals surface area contributed by atoms with Crippen molar-refractivity contribution in [1.82, 2.24) is 5.32 Å². The Kier molecular flexibility index (Phi) is 6.65. The molecule has 152 valence electrons. The fraction of sp³-hybridized carbons (Fsp3) is 0.348. The van der Waals surface area contributed by atoms with Gasteiger partial charge >= 0.3 is 0 Å². The van der Waals surface area contributed by atoms with Crippen LogP contribution < -0.4 is 15.5 Å². The van der Waals surface area contributed by atoms with Crippen molar-refractivity contribution in [1.29, 1.82) is 0 Å². The largest absolute Gasteiger partial charge is 0.352 e. The number of nitrogens with one attached hydrogen (secondary N) is 2. The molecule has 2 aromatic rings. The van der Waals surface area contributed by atoms with Gasteiger partial charge in [-0.15, -0.1) is 0 Å². The smallest absolute Gasteiger partial charge is 0.227 e. The molecule has 29 heavy (non-hydrogen) atoms. The summed E-state index contributed by atoms with van der Waals surface area (Å²) in [4.78, 5) is 38.6. The minimum atomic E-state index is -0.365. The first kappa shape index (κ1) is 20.6. The van der Waals surface area contributed by atoms with Gasteiger partial charge < -0.3 is 15.5 Å².